The number of fused-ring (bicyclic) bond motifs is 1. The molecular weight excluding hydrogens is 244 g/mol. The highest BCUT2D eigenvalue weighted by Crippen LogP contribution is 2.27. The Kier molecular flexibility index (Phi) is 2.59. The molecule has 0 saturated heterocycles. The number of halogens is 1. The van der Waals surface area contributed by atoms with Crippen molar-refractivity contribution in [3.05, 3.63) is 33.8 Å². The summed E-state index contributed by atoms with van der Waals surface area (Å²) in [5.74, 6) is -0.868. The summed E-state index contributed by atoms with van der Waals surface area (Å²) in [7, 11) is 0. The van der Waals surface area contributed by atoms with E-state index in [0.29, 0.717) is 6.42 Å². The number of hydrogen-bond donors (Lipinski definition) is 1. The Morgan fingerprint density at radius 1 is 1.43 bits per heavy atom. The molecule has 1 atom stereocenters. The number of carboxylic acids is 1. The fourth-order valence-electron chi connectivity index (χ4n) is 1.94. The number of carbonyl (C=O) groups is 1. The van der Waals surface area contributed by atoms with Crippen LogP contribution in [0.4, 0.5) is 0 Å². The summed E-state index contributed by atoms with van der Waals surface area (Å²) in [6.45, 7) is 0. The van der Waals surface area contributed by atoms with Gasteiger partial charge in [-0.25, -0.2) is 0 Å². The third-order valence-electron chi connectivity index (χ3n) is 2.75. The fraction of sp³-hybridized carbons (Fsp3) is 0.364. The molecule has 14 heavy (non-hydrogen) atoms. The third kappa shape index (κ3) is 1.82. The molecule has 1 aromatic carbocycles. The van der Waals surface area contributed by atoms with Gasteiger partial charge in [0.15, 0.2) is 0 Å². The molecule has 74 valence electrons. The number of aryl methyl sites for hydroxylation is 1. The summed E-state index contributed by atoms with van der Waals surface area (Å²) in [4.78, 5) is 10.8. The van der Waals surface area contributed by atoms with Crippen molar-refractivity contribution in [3.63, 3.8) is 0 Å². The summed E-state index contributed by atoms with van der Waals surface area (Å²) < 4.78 is 1.03. The van der Waals surface area contributed by atoms with E-state index in [1.165, 1.54) is 11.1 Å². The van der Waals surface area contributed by atoms with Gasteiger partial charge in [-0.05, 0) is 42.5 Å². The molecule has 0 aliphatic heterocycles. The highest BCUT2D eigenvalue weighted by Gasteiger charge is 2.23. The smallest absolute Gasteiger partial charge is 0.306 e. The molecule has 0 spiro atoms. The summed E-state index contributed by atoms with van der Waals surface area (Å²) >= 11 is 3.40. The summed E-state index contributed by atoms with van der Waals surface area (Å²) in [6.07, 6.45) is 2.33. The Labute approximate surface area is 91.1 Å². The van der Waals surface area contributed by atoms with Crippen molar-refractivity contribution in [1.29, 1.82) is 0 Å². The maximum Gasteiger partial charge on any atom is 0.306 e. The van der Waals surface area contributed by atoms with Gasteiger partial charge in [0, 0.05) is 4.47 Å². The maximum atomic E-state index is 10.8. The summed E-state index contributed by atoms with van der Waals surface area (Å²) in [6, 6.07) is 6.13. The normalized spacial score (nSPS) is 20.2. The molecule has 2 rings (SSSR count). The highest BCUT2D eigenvalue weighted by molar-refractivity contribution is 9.10. The van der Waals surface area contributed by atoms with E-state index in [1.807, 2.05) is 12.1 Å². The van der Waals surface area contributed by atoms with Crippen LogP contribution in [0.1, 0.15) is 17.5 Å². The van der Waals surface area contributed by atoms with Gasteiger partial charge in [0.25, 0.3) is 0 Å². The molecule has 1 unspecified atom stereocenters. The first-order chi connectivity index (χ1) is 6.66. The minimum Gasteiger partial charge on any atom is -0.481 e. The molecule has 1 aliphatic rings. The lowest BCUT2D eigenvalue weighted by atomic mass is 9.84. The van der Waals surface area contributed by atoms with Crippen LogP contribution in [-0.4, -0.2) is 11.1 Å². The van der Waals surface area contributed by atoms with Crippen LogP contribution in [0, 0.1) is 5.92 Å². The number of aliphatic carboxylic acids is 1. The number of rotatable bonds is 1. The molecule has 0 heterocycles. The predicted molar refractivity (Wildman–Crippen MR) is 57.3 cm³/mol. The molecular formula is C11H11BrO2. The van der Waals surface area contributed by atoms with Gasteiger partial charge in [-0.15, -0.1) is 0 Å². The van der Waals surface area contributed by atoms with E-state index in [4.69, 9.17) is 5.11 Å². The first-order valence-electron chi connectivity index (χ1n) is 4.67. The van der Waals surface area contributed by atoms with Gasteiger partial charge in [0.05, 0.1) is 5.92 Å². The van der Waals surface area contributed by atoms with Crippen LogP contribution in [0.3, 0.4) is 0 Å². The molecule has 0 bridgehead atoms. The van der Waals surface area contributed by atoms with E-state index in [2.05, 4.69) is 22.0 Å². The van der Waals surface area contributed by atoms with E-state index < -0.39 is 5.97 Å². The van der Waals surface area contributed by atoms with Crippen molar-refractivity contribution in [2.75, 3.05) is 0 Å². The van der Waals surface area contributed by atoms with Crippen molar-refractivity contribution < 1.29 is 9.90 Å². The van der Waals surface area contributed by atoms with Crippen LogP contribution >= 0.6 is 15.9 Å². The zero-order valence-corrected chi connectivity index (χ0v) is 9.25. The van der Waals surface area contributed by atoms with Gasteiger partial charge < -0.3 is 5.11 Å². The van der Waals surface area contributed by atoms with Crippen LogP contribution in [0.25, 0.3) is 0 Å². The number of benzene rings is 1. The molecule has 1 aliphatic carbocycles. The second-order valence-electron chi connectivity index (χ2n) is 3.69. The van der Waals surface area contributed by atoms with Gasteiger partial charge >= 0.3 is 5.97 Å². The Hall–Kier alpha value is -0.830. The van der Waals surface area contributed by atoms with Crippen LogP contribution in [0.2, 0.25) is 0 Å². The number of hydrogen-bond acceptors (Lipinski definition) is 1. The zero-order chi connectivity index (χ0) is 10.1. The largest absolute Gasteiger partial charge is 0.481 e. The van der Waals surface area contributed by atoms with Crippen molar-refractivity contribution in [3.8, 4) is 0 Å². The van der Waals surface area contributed by atoms with E-state index in [0.717, 1.165) is 17.3 Å². The molecule has 0 aromatic heterocycles. The van der Waals surface area contributed by atoms with Crippen LogP contribution in [0.5, 0.6) is 0 Å². The van der Waals surface area contributed by atoms with Gasteiger partial charge in [-0.1, -0.05) is 22.0 Å². The molecule has 0 amide bonds. The predicted octanol–water partition coefficient (Wildman–Crippen LogP) is 2.64. The second-order valence-corrected chi connectivity index (χ2v) is 4.61. The van der Waals surface area contributed by atoms with Crippen LogP contribution in [0.15, 0.2) is 22.7 Å². The Morgan fingerprint density at radius 3 is 2.93 bits per heavy atom. The average Bonchev–Trinajstić information content (AvgIpc) is 2.16. The molecule has 1 N–H and O–H groups in total. The maximum absolute atomic E-state index is 10.8. The molecule has 3 heteroatoms. The molecule has 0 radical (unpaired) electrons. The fourth-order valence-corrected chi connectivity index (χ4v) is 2.34. The molecule has 0 fully saturated rings. The Bertz CT molecular complexity index is 374. The lowest BCUT2D eigenvalue weighted by Gasteiger charge is -2.21. The van der Waals surface area contributed by atoms with Crippen molar-refractivity contribution >= 4 is 21.9 Å². The van der Waals surface area contributed by atoms with Crippen molar-refractivity contribution in [1.82, 2.24) is 0 Å². The first kappa shape index (κ1) is 9.71. The van der Waals surface area contributed by atoms with Gasteiger partial charge in [0.2, 0.25) is 0 Å². The minimum atomic E-state index is -0.671. The minimum absolute atomic E-state index is 0.197. The summed E-state index contributed by atoms with van der Waals surface area (Å²) in [5.41, 5.74) is 2.48. The van der Waals surface area contributed by atoms with Crippen molar-refractivity contribution in [2.24, 2.45) is 5.92 Å². The van der Waals surface area contributed by atoms with Crippen LogP contribution < -0.4 is 0 Å². The van der Waals surface area contributed by atoms with Gasteiger partial charge in [-0.3, -0.25) is 4.79 Å². The topological polar surface area (TPSA) is 37.3 Å². The quantitative estimate of drug-likeness (QED) is 0.837. The zero-order valence-electron chi connectivity index (χ0n) is 7.66. The van der Waals surface area contributed by atoms with Crippen LogP contribution in [-0.2, 0) is 17.6 Å². The first-order valence-corrected chi connectivity index (χ1v) is 5.46. The molecule has 1 aromatic rings. The lowest BCUT2D eigenvalue weighted by molar-refractivity contribution is -0.142. The van der Waals surface area contributed by atoms with E-state index >= 15 is 0 Å². The standard InChI is InChI=1S/C11H11BrO2/c12-10-4-3-7-1-2-8(11(13)14)5-9(7)6-10/h3-4,6,8H,1-2,5H2,(H,13,14). The highest BCUT2D eigenvalue weighted by atomic mass is 79.9. The van der Waals surface area contributed by atoms with Gasteiger partial charge in [-0.2, -0.15) is 0 Å². The average molecular weight is 255 g/mol. The molecule has 0 saturated carbocycles. The van der Waals surface area contributed by atoms with E-state index in [1.54, 1.807) is 0 Å². The SMILES string of the molecule is O=C(O)C1CCc2ccc(Br)cc2C1. The Morgan fingerprint density at radius 2 is 2.21 bits per heavy atom. The molecule has 2 nitrogen and oxygen atoms in total. The monoisotopic (exact) mass is 254 g/mol. The van der Waals surface area contributed by atoms with E-state index in [9.17, 15) is 4.79 Å². The van der Waals surface area contributed by atoms with Crippen molar-refractivity contribution in [2.45, 2.75) is 19.3 Å². The second kappa shape index (κ2) is 3.73. The number of carboxylic acid groups (broad SMARTS) is 1. The third-order valence-corrected chi connectivity index (χ3v) is 3.24. The summed E-state index contributed by atoms with van der Waals surface area (Å²) in [5, 5.41) is 8.92. The lowest BCUT2D eigenvalue weighted by Crippen LogP contribution is -2.22. The van der Waals surface area contributed by atoms with Gasteiger partial charge in [0.1, 0.15) is 0 Å². The van der Waals surface area contributed by atoms with E-state index in [-0.39, 0.29) is 5.92 Å². The Balaban J connectivity index is 2.29.